The molecule has 0 spiro atoms. The molecule has 23 heavy (non-hydrogen) atoms. The zero-order chi connectivity index (χ0) is 16.9. The molecule has 0 aliphatic carbocycles. The Bertz CT molecular complexity index is 1000. The van der Waals surface area contributed by atoms with Crippen LogP contribution in [-0.2, 0) is 0 Å². The van der Waals surface area contributed by atoms with Gasteiger partial charge in [-0.05, 0) is 24.6 Å². The Morgan fingerprint density at radius 2 is 1.52 bits per heavy atom. The summed E-state index contributed by atoms with van der Waals surface area (Å²) in [7, 11) is 0. The number of phenols is 4. The average molecular weight is 316 g/mol. The fourth-order valence-electron chi connectivity index (χ4n) is 2.38. The molecule has 3 rings (SSSR count). The summed E-state index contributed by atoms with van der Waals surface area (Å²) >= 11 is 0. The van der Waals surface area contributed by atoms with Crippen LogP contribution in [0.15, 0.2) is 33.5 Å². The quantitative estimate of drug-likeness (QED) is 0.435. The molecule has 0 bridgehead atoms. The zero-order valence-corrected chi connectivity index (χ0v) is 11.9. The predicted octanol–water partition coefficient (Wildman–Crippen LogP) is 2.30. The first-order chi connectivity index (χ1) is 10.8. The first-order valence-corrected chi connectivity index (χ1v) is 6.54. The lowest BCUT2D eigenvalue weighted by Crippen LogP contribution is -2.03. The highest BCUT2D eigenvalue weighted by molar-refractivity contribution is 5.88. The van der Waals surface area contributed by atoms with E-state index in [-0.39, 0.29) is 33.8 Å². The predicted molar refractivity (Wildman–Crippen MR) is 81.0 cm³/mol. The molecule has 0 saturated carbocycles. The van der Waals surface area contributed by atoms with E-state index >= 15 is 0 Å². The van der Waals surface area contributed by atoms with E-state index in [1.807, 2.05) is 0 Å². The number of aryl methyl sites for hydroxylation is 1. The third-order valence-corrected chi connectivity index (χ3v) is 3.50. The summed E-state index contributed by atoms with van der Waals surface area (Å²) in [6.45, 7) is 1.58. The summed E-state index contributed by atoms with van der Waals surface area (Å²) in [5.74, 6) is -2.66. The largest absolute Gasteiger partial charge is 0.508 e. The average Bonchev–Trinajstić information content (AvgIpc) is 2.46. The molecule has 1 aromatic heterocycles. The Morgan fingerprint density at radius 1 is 0.870 bits per heavy atom. The molecule has 0 aliphatic rings. The van der Waals surface area contributed by atoms with Crippen LogP contribution in [0.3, 0.4) is 0 Å². The Hall–Kier alpha value is -3.35. The van der Waals surface area contributed by atoms with E-state index in [9.17, 15) is 30.3 Å². The third kappa shape index (κ3) is 2.18. The maximum atomic E-state index is 12.3. The zero-order valence-electron chi connectivity index (χ0n) is 11.9. The number of fused-ring (bicyclic) bond motifs is 1. The topological polar surface area (TPSA) is 131 Å². The van der Waals surface area contributed by atoms with Gasteiger partial charge >= 0.3 is 0 Å². The van der Waals surface area contributed by atoms with E-state index < -0.39 is 22.7 Å². The maximum Gasteiger partial charge on any atom is 0.238 e. The Morgan fingerprint density at radius 3 is 2.22 bits per heavy atom. The molecule has 118 valence electrons. The third-order valence-electron chi connectivity index (χ3n) is 3.50. The second kappa shape index (κ2) is 4.84. The molecule has 3 aromatic rings. The van der Waals surface area contributed by atoms with Crippen LogP contribution < -0.4 is 5.43 Å². The summed E-state index contributed by atoms with van der Waals surface area (Å²) in [6.07, 6.45) is 0. The minimum atomic E-state index is -0.884. The van der Waals surface area contributed by atoms with Crippen molar-refractivity contribution in [3.8, 4) is 40.1 Å². The first-order valence-electron chi connectivity index (χ1n) is 6.54. The first kappa shape index (κ1) is 14.6. The number of aromatic hydroxyl groups is 5. The van der Waals surface area contributed by atoms with Crippen LogP contribution in [0.2, 0.25) is 0 Å². The van der Waals surface area contributed by atoms with Crippen LogP contribution >= 0.6 is 0 Å². The molecule has 2 aromatic carbocycles. The van der Waals surface area contributed by atoms with Gasteiger partial charge in [-0.2, -0.15) is 0 Å². The van der Waals surface area contributed by atoms with Crippen molar-refractivity contribution in [1.29, 1.82) is 0 Å². The smallest absolute Gasteiger partial charge is 0.238 e. The van der Waals surface area contributed by atoms with Gasteiger partial charge < -0.3 is 29.9 Å². The van der Waals surface area contributed by atoms with Crippen LogP contribution in [0.4, 0.5) is 0 Å². The molecule has 0 radical (unpaired) electrons. The van der Waals surface area contributed by atoms with Gasteiger partial charge in [-0.25, -0.2) is 0 Å². The SMILES string of the molecule is Cc1cc(O)c(O)cc1-c1oc2cc(O)cc(O)c2c(=O)c1O. The van der Waals surface area contributed by atoms with Crippen molar-refractivity contribution >= 4 is 11.0 Å². The minimum absolute atomic E-state index is 0.132. The van der Waals surface area contributed by atoms with Crippen molar-refractivity contribution in [2.24, 2.45) is 0 Å². The minimum Gasteiger partial charge on any atom is -0.508 e. The van der Waals surface area contributed by atoms with Crippen LogP contribution in [0.5, 0.6) is 28.7 Å². The second-order valence-electron chi connectivity index (χ2n) is 5.10. The molecule has 1 heterocycles. The van der Waals surface area contributed by atoms with Crippen molar-refractivity contribution in [2.45, 2.75) is 6.92 Å². The molecule has 5 N–H and O–H groups in total. The highest BCUT2D eigenvalue weighted by Gasteiger charge is 2.20. The van der Waals surface area contributed by atoms with Gasteiger partial charge in [0, 0.05) is 17.7 Å². The van der Waals surface area contributed by atoms with Gasteiger partial charge in [0.25, 0.3) is 0 Å². The summed E-state index contributed by atoms with van der Waals surface area (Å²) in [6, 6.07) is 4.45. The number of hydrogen-bond acceptors (Lipinski definition) is 7. The van der Waals surface area contributed by atoms with Gasteiger partial charge in [-0.3, -0.25) is 4.79 Å². The van der Waals surface area contributed by atoms with Crippen LogP contribution in [-0.4, -0.2) is 25.5 Å². The molecule has 7 heteroatoms. The van der Waals surface area contributed by atoms with Gasteiger partial charge in [0.05, 0.1) is 0 Å². The molecular formula is C16H12O7. The molecule has 0 atom stereocenters. The highest BCUT2D eigenvalue weighted by Crippen LogP contribution is 2.39. The van der Waals surface area contributed by atoms with Gasteiger partial charge in [-0.1, -0.05) is 0 Å². The second-order valence-corrected chi connectivity index (χ2v) is 5.10. The molecule has 7 nitrogen and oxygen atoms in total. The Labute approximate surface area is 128 Å². The van der Waals surface area contributed by atoms with E-state index in [4.69, 9.17) is 4.42 Å². The van der Waals surface area contributed by atoms with E-state index in [1.165, 1.54) is 6.07 Å². The van der Waals surface area contributed by atoms with E-state index in [2.05, 4.69) is 0 Å². The number of phenolic OH excluding ortho intramolecular Hbond substituents is 4. The normalized spacial score (nSPS) is 11.0. The van der Waals surface area contributed by atoms with E-state index in [0.29, 0.717) is 5.56 Å². The lowest BCUT2D eigenvalue weighted by atomic mass is 10.0. The van der Waals surface area contributed by atoms with Crippen LogP contribution in [0.25, 0.3) is 22.3 Å². The Kier molecular flexibility index (Phi) is 3.07. The molecule has 0 amide bonds. The summed E-state index contributed by atoms with van der Waals surface area (Å²) in [4.78, 5) is 12.3. The lowest BCUT2D eigenvalue weighted by molar-refractivity contribution is 0.403. The van der Waals surface area contributed by atoms with Crippen molar-refractivity contribution in [3.05, 3.63) is 40.1 Å². The lowest BCUT2D eigenvalue weighted by Gasteiger charge is -2.10. The van der Waals surface area contributed by atoms with Crippen molar-refractivity contribution in [2.75, 3.05) is 0 Å². The number of benzene rings is 2. The maximum absolute atomic E-state index is 12.3. The van der Waals surface area contributed by atoms with Crippen molar-refractivity contribution < 1.29 is 29.9 Å². The standard InChI is InChI=1S/C16H12O7/c1-6-2-9(18)10(19)5-8(6)16-15(22)14(21)13-11(20)3-7(17)4-12(13)23-16/h2-5,17-20,22H,1H3. The Balaban J connectivity index is 2.42. The molecule has 0 aliphatic heterocycles. The van der Waals surface area contributed by atoms with Gasteiger partial charge in [0.2, 0.25) is 11.2 Å². The van der Waals surface area contributed by atoms with E-state index in [0.717, 1.165) is 18.2 Å². The van der Waals surface area contributed by atoms with Crippen molar-refractivity contribution in [1.82, 2.24) is 0 Å². The molecule has 0 fully saturated rings. The molecule has 0 unspecified atom stereocenters. The van der Waals surface area contributed by atoms with Crippen LogP contribution in [0.1, 0.15) is 5.56 Å². The summed E-state index contributed by atoms with van der Waals surface area (Å²) in [5.41, 5.74) is -0.403. The number of rotatable bonds is 1. The summed E-state index contributed by atoms with van der Waals surface area (Å²) in [5, 5.41) is 48.2. The van der Waals surface area contributed by atoms with E-state index in [1.54, 1.807) is 6.92 Å². The fraction of sp³-hybridized carbons (Fsp3) is 0.0625. The fourth-order valence-corrected chi connectivity index (χ4v) is 2.38. The monoisotopic (exact) mass is 316 g/mol. The van der Waals surface area contributed by atoms with Gasteiger partial charge in [0.1, 0.15) is 22.5 Å². The van der Waals surface area contributed by atoms with Crippen LogP contribution in [0, 0.1) is 6.92 Å². The van der Waals surface area contributed by atoms with Gasteiger partial charge in [0.15, 0.2) is 17.3 Å². The molecular weight excluding hydrogens is 304 g/mol. The van der Waals surface area contributed by atoms with Gasteiger partial charge in [-0.15, -0.1) is 0 Å². The summed E-state index contributed by atoms with van der Waals surface area (Å²) < 4.78 is 5.43. The molecule has 0 saturated heterocycles. The number of hydrogen-bond donors (Lipinski definition) is 5. The highest BCUT2D eigenvalue weighted by atomic mass is 16.4. The van der Waals surface area contributed by atoms with Crippen molar-refractivity contribution in [3.63, 3.8) is 0 Å².